The minimum atomic E-state index is -0.408. The quantitative estimate of drug-likeness (QED) is 0.165. The van der Waals surface area contributed by atoms with Crippen LogP contribution in [0.5, 0.6) is 0 Å². The molecule has 5 heteroatoms. The Labute approximate surface area is 554 Å². The van der Waals surface area contributed by atoms with E-state index in [-0.39, 0.29) is 61.0 Å². The highest BCUT2D eigenvalue weighted by Gasteiger charge is 2.61. The third kappa shape index (κ3) is 7.84. The van der Waals surface area contributed by atoms with Crippen LogP contribution in [-0.4, -0.2) is 12.3 Å². The number of aryl methyl sites for hydroxylation is 4. The number of nitrogens with zero attached hydrogens (tertiary/aromatic N) is 3. The summed E-state index contributed by atoms with van der Waals surface area (Å²) < 4.78 is 8.21. The highest BCUT2D eigenvalue weighted by molar-refractivity contribution is 7.03. The SMILES string of the molecule is Cc1cc(C)c2c(c1)N(c1cc3c4c(c1)N(c1cc5c(cc1C)C(C)(C)CCC5(C)C)c1c(oc5cc6c(cc15)C(C)(C)CCC6(C)C)B4C1=C(N3c3cc4c(cc3C)C(C)(C)CCC4(C)C)C(C)(C)c3cc4c(cc31)C(C)(C)CCC4(C)C)C1(C)CCCCC21C. The Morgan fingerprint density at radius 1 is 0.380 bits per heavy atom. The molecule has 7 aromatic rings. The van der Waals surface area contributed by atoms with Crippen LogP contribution in [-0.2, 0) is 54.1 Å². The van der Waals surface area contributed by atoms with Gasteiger partial charge in [0.2, 0.25) is 0 Å². The molecule has 16 rings (SSSR count). The first-order valence-corrected chi connectivity index (χ1v) is 36.3. The molecular formula is C87H108BN3O. The number of benzene rings is 6. The van der Waals surface area contributed by atoms with Crippen molar-refractivity contribution in [2.75, 3.05) is 14.7 Å². The van der Waals surface area contributed by atoms with Crippen molar-refractivity contribution in [2.24, 2.45) is 0 Å². The summed E-state index contributed by atoms with van der Waals surface area (Å²) >= 11 is 0. The summed E-state index contributed by atoms with van der Waals surface area (Å²) in [6, 6.07) is 32.0. The molecule has 1 saturated carbocycles. The van der Waals surface area contributed by atoms with Crippen LogP contribution in [0.25, 0.3) is 16.4 Å². The van der Waals surface area contributed by atoms with Crippen molar-refractivity contribution >= 4 is 74.1 Å². The summed E-state index contributed by atoms with van der Waals surface area (Å²) in [4.78, 5) is 8.68. The van der Waals surface area contributed by atoms with E-state index >= 15 is 0 Å². The molecule has 6 aliphatic carbocycles. The molecule has 0 amide bonds. The lowest BCUT2D eigenvalue weighted by Gasteiger charge is -2.51. The average molecular weight is 1220 g/mol. The lowest BCUT2D eigenvalue weighted by atomic mass is 9.34. The van der Waals surface area contributed by atoms with Crippen LogP contribution in [0.3, 0.4) is 0 Å². The normalized spacial score (nSPS) is 26.0. The molecule has 0 bridgehead atoms. The van der Waals surface area contributed by atoms with E-state index in [9.17, 15) is 0 Å². The fraction of sp³-hybridized carbons (Fsp3) is 0.540. The zero-order chi connectivity index (χ0) is 65.7. The van der Waals surface area contributed by atoms with E-state index in [1.165, 1.54) is 178 Å². The lowest BCUT2D eigenvalue weighted by molar-refractivity contribution is 0.194. The monoisotopic (exact) mass is 1220 g/mol. The Morgan fingerprint density at radius 2 is 0.815 bits per heavy atom. The highest BCUT2D eigenvalue weighted by atomic mass is 16.3. The number of hydrogen-bond donors (Lipinski definition) is 0. The van der Waals surface area contributed by atoms with Crippen molar-refractivity contribution in [2.45, 2.75) is 303 Å². The molecule has 2 atom stereocenters. The summed E-state index contributed by atoms with van der Waals surface area (Å²) in [5.41, 5.74) is 36.9. The van der Waals surface area contributed by atoms with Crippen LogP contribution in [0.4, 0.5) is 39.8 Å². The molecule has 92 heavy (non-hydrogen) atoms. The second kappa shape index (κ2) is 18.3. The van der Waals surface area contributed by atoms with Gasteiger partial charge in [-0.15, -0.1) is 0 Å². The maximum absolute atomic E-state index is 8.21. The Hall–Kier alpha value is -5.94. The number of anilines is 7. The number of allylic oxidation sites excluding steroid dienone is 1. The molecule has 480 valence electrons. The number of furan rings is 1. The zero-order valence-electron chi connectivity index (χ0n) is 61.2. The third-order valence-corrected chi connectivity index (χ3v) is 28.0. The second-order valence-corrected chi connectivity index (χ2v) is 38.1. The van der Waals surface area contributed by atoms with Crippen LogP contribution in [0.1, 0.15) is 299 Å². The minimum absolute atomic E-state index is 0.00189. The van der Waals surface area contributed by atoms with Crippen LogP contribution in [0, 0.1) is 27.7 Å². The maximum atomic E-state index is 8.21. The molecular weight excluding hydrogens is 1110 g/mol. The molecule has 0 radical (unpaired) electrons. The van der Waals surface area contributed by atoms with E-state index in [1.807, 2.05) is 0 Å². The summed E-state index contributed by atoms with van der Waals surface area (Å²) in [7, 11) is 0. The third-order valence-electron chi connectivity index (χ3n) is 28.0. The summed E-state index contributed by atoms with van der Waals surface area (Å²) in [5.74, 6) is 0. The van der Waals surface area contributed by atoms with E-state index in [0.29, 0.717) is 0 Å². The van der Waals surface area contributed by atoms with Crippen LogP contribution < -0.4 is 25.8 Å². The van der Waals surface area contributed by atoms with Gasteiger partial charge < -0.3 is 19.1 Å². The fourth-order valence-electron chi connectivity index (χ4n) is 21.5. The van der Waals surface area contributed by atoms with Crippen molar-refractivity contribution in [1.29, 1.82) is 0 Å². The van der Waals surface area contributed by atoms with Gasteiger partial charge in [0.15, 0.2) is 0 Å². The standard InChI is InChI=1S/C87H108BN3O/c1-49-37-52(4)71-67(38-49)91(87(24)28-26-25-27-86(71,87)23)53-41-68-73-69(42-53)90(66-47-63-58(40-51(66)3)78(7,8)30-35-83(63,17)18)75-72(54-43-59-61(45-56(54)85(75,21)22)81(13,14)33-31-79(59,9)10)88(73)76-74(55-44-60-64(48-70(55)92-76)84(19,20)36-32-80(60,11)12)89(68)65-46-62-57(39-50(65)2)77(5,6)29-34-82(62,15)16/h37-48H,25-36H2,1-24H3. The molecule has 2 unspecified atom stereocenters. The van der Waals surface area contributed by atoms with Crippen molar-refractivity contribution in [3.05, 3.63) is 162 Å². The Kier molecular flexibility index (Phi) is 12.2. The maximum Gasteiger partial charge on any atom is 0.297 e. The molecule has 4 heterocycles. The number of fused-ring (bicyclic) bond motifs is 14. The van der Waals surface area contributed by atoms with Crippen LogP contribution in [0.2, 0.25) is 0 Å². The van der Waals surface area contributed by atoms with Gasteiger partial charge in [0, 0.05) is 56.0 Å². The molecule has 6 aromatic carbocycles. The smallest absolute Gasteiger partial charge is 0.297 e. The van der Waals surface area contributed by atoms with Gasteiger partial charge in [-0.25, -0.2) is 0 Å². The van der Waals surface area contributed by atoms with Gasteiger partial charge in [-0.3, -0.25) is 0 Å². The van der Waals surface area contributed by atoms with Gasteiger partial charge in [0.05, 0.1) is 16.9 Å². The first kappa shape index (κ1) is 61.0. The fourth-order valence-corrected chi connectivity index (χ4v) is 21.5. The summed E-state index contributed by atoms with van der Waals surface area (Å²) in [6.07, 6.45) is 14.1. The van der Waals surface area contributed by atoms with Crippen molar-refractivity contribution in [1.82, 2.24) is 0 Å². The topological polar surface area (TPSA) is 22.9 Å². The van der Waals surface area contributed by atoms with E-state index in [2.05, 4.69) is 254 Å². The molecule has 4 nitrogen and oxygen atoms in total. The van der Waals surface area contributed by atoms with Crippen molar-refractivity contribution < 1.29 is 4.42 Å². The molecule has 3 aliphatic heterocycles. The number of rotatable bonds is 3. The first-order valence-electron chi connectivity index (χ1n) is 36.3. The Bertz CT molecular complexity index is 4500. The van der Waals surface area contributed by atoms with Gasteiger partial charge in [-0.2, -0.15) is 0 Å². The molecule has 1 fully saturated rings. The largest absolute Gasteiger partial charge is 0.468 e. The van der Waals surface area contributed by atoms with Gasteiger partial charge >= 0.3 is 0 Å². The Balaban J connectivity index is 1.12. The second-order valence-electron chi connectivity index (χ2n) is 38.1. The van der Waals surface area contributed by atoms with E-state index in [1.54, 1.807) is 5.56 Å². The van der Waals surface area contributed by atoms with Gasteiger partial charge in [0.25, 0.3) is 6.71 Å². The molecule has 0 saturated heterocycles. The molecule has 9 aliphatic rings. The first-order chi connectivity index (χ1) is 42.7. The molecule has 0 N–H and O–H groups in total. The molecule has 1 aromatic heterocycles. The van der Waals surface area contributed by atoms with E-state index < -0.39 is 5.41 Å². The lowest BCUT2D eigenvalue weighted by Crippen LogP contribution is -2.56. The average Bonchev–Trinajstić information content (AvgIpc) is 1.51. The van der Waals surface area contributed by atoms with Crippen LogP contribution in [0.15, 0.2) is 82.9 Å². The summed E-state index contributed by atoms with van der Waals surface area (Å²) in [5, 5.41) is 1.24. The van der Waals surface area contributed by atoms with Crippen LogP contribution >= 0.6 is 0 Å². The van der Waals surface area contributed by atoms with Crippen molar-refractivity contribution in [3.63, 3.8) is 0 Å². The number of hydrogen-bond acceptors (Lipinski definition) is 4. The van der Waals surface area contributed by atoms with Gasteiger partial charge in [0.1, 0.15) is 5.58 Å². The molecule has 0 spiro atoms. The summed E-state index contributed by atoms with van der Waals surface area (Å²) in [6.45, 7) is 60.2. The van der Waals surface area contributed by atoms with Gasteiger partial charge in [-0.05, 0) is 279 Å². The van der Waals surface area contributed by atoms with E-state index in [4.69, 9.17) is 4.42 Å². The van der Waals surface area contributed by atoms with Crippen molar-refractivity contribution in [3.8, 4) is 0 Å². The van der Waals surface area contributed by atoms with E-state index in [0.717, 1.165) is 49.8 Å². The highest BCUT2D eigenvalue weighted by Crippen LogP contribution is 2.66. The Morgan fingerprint density at radius 3 is 1.34 bits per heavy atom. The minimum Gasteiger partial charge on any atom is -0.468 e. The zero-order valence-corrected chi connectivity index (χ0v) is 61.2. The predicted molar refractivity (Wildman–Crippen MR) is 394 cm³/mol. The predicted octanol–water partition coefficient (Wildman–Crippen LogP) is 22.6. The van der Waals surface area contributed by atoms with Gasteiger partial charge in [-0.1, -0.05) is 175 Å².